The van der Waals surface area contributed by atoms with Gasteiger partial charge in [0.1, 0.15) is 5.92 Å². The number of hydrogen-bond donors (Lipinski definition) is 1. The van der Waals surface area contributed by atoms with Gasteiger partial charge in [-0.3, -0.25) is 9.47 Å². The molecule has 0 saturated carbocycles. The van der Waals surface area contributed by atoms with E-state index in [9.17, 15) is 4.79 Å². The normalized spacial score (nSPS) is 11.9. The molecule has 4 nitrogen and oxygen atoms in total. The number of aromatic nitrogens is 1. The summed E-state index contributed by atoms with van der Waals surface area (Å²) < 4.78 is 6.89. The van der Waals surface area contributed by atoms with Crippen LogP contribution in [0.1, 0.15) is 22.9 Å². The van der Waals surface area contributed by atoms with Crippen molar-refractivity contribution in [2.45, 2.75) is 19.8 Å². The lowest BCUT2D eigenvalue weighted by Crippen LogP contribution is -2.28. The molecule has 0 saturated heterocycles. The summed E-state index contributed by atoms with van der Waals surface area (Å²) in [6.45, 7) is 4.54. The fourth-order valence-electron chi connectivity index (χ4n) is 2.27. The van der Waals surface area contributed by atoms with E-state index in [1.54, 1.807) is 0 Å². The Kier molecular flexibility index (Phi) is 4.45. The summed E-state index contributed by atoms with van der Waals surface area (Å²) in [5.74, 6) is -0.548. The van der Waals surface area contributed by atoms with Crippen LogP contribution in [-0.4, -0.2) is 24.3 Å². The smallest absolute Gasteiger partial charge is 0.315 e. The maximum atomic E-state index is 12.0. The quantitative estimate of drug-likeness (QED) is 0.851. The van der Waals surface area contributed by atoms with Crippen LogP contribution < -0.4 is 5.43 Å². The van der Waals surface area contributed by atoms with Crippen molar-refractivity contribution in [1.29, 1.82) is 0 Å². The summed E-state index contributed by atoms with van der Waals surface area (Å²) >= 11 is 0. The molecule has 2 aromatic rings. The van der Waals surface area contributed by atoms with Gasteiger partial charge in [-0.05, 0) is 31.5 Å². The van der Waals surface area contributed by atoms with Gasteiger partial charge in [-0.25, -0.2) is 0 Å². The number of nitrogens with one attached hydrogen (secondary N) is 1. The second-order valence-electron chi connectivity index (χ2n) is 4.80. The first-order valence-electron chi connectivity index (χ1n) is 6.65. The van der Waals surface area contributed by atoms with Crippen molar-refractivity contribution >= 4 is 5.97 Å². The van der Waals surface area contributed by atoms with Crippen LogP contribution in [0.4, 0.5) is 0 Å². The van der Waals surface area contributed by atoms with Gasteiger partial charge in [-0.15, -0.1) is 0 Å². The Morgan fingerprint density at radius 2 is 1.75 bits per heavy atom. The van der Waals surface area contributed by atoms with E-state index in [1.165, 1.54) is 7.11 Å². The Hall–Kier alpha value is -2.23. The minimum atomic E-state index is -0.317. The van der Waals surface area contributed by atoms with Crippen molar-refractivity contribution in [3.8, 4) is 0 Å². The summed E-state index contributed by atoms with van der Waals surface area (Å²) in [5.41, 5.74) is 6.46. The first-order chi connectivity index (χ1) is 9.63. The van der Waals surface area contributed by atoms with Gasteiger partial charge in [-0.1, -0.05) is 30.3 Å². The summed E-state index contributed by atoms with van der Waals surface area (Å²) in [6, 6.07) is 13.8. The van der Waals surface area contributed by atoms with Gasteiger partial charge >= 0.3 is 5.97 Å². The monoisotopic (exact) mass is 272 g/mol. The number of aryl methyl sites for hydroxylation is 2. The number of benzene rings is 1. The average Bonchev–Trinajstić information content (AvgIpc) is 2.79. The number of ether oxygens (including phenoxy) is 1. The van der Waals surface area contributed by atoms with Crippen LogP contribution >= 0.6 is 0 Å². The van der Waals surface area contributed by atoms with Gasteiger partial charge < -0.3 is 10.2 Å². The molecule has 0 aliphatic rings. The predicted octanol–water partition coefficient (Wildman–Crippen LogP) is 2.61. The Morgan fingerprint density at radius 3 is 2.30 bits per heavy atom. The van der Waals surface area contributed by atoms with Gasteiger partial charge in [0, 0.05) is 17.9 Å². The van der Waals surface area contributed by atoms with E-state index in [0.29, 0.717) is 6.54 Å². The first kappa shape index (κ1) is 14.2. The molecule has 4 heteroatoms. The van der Waals surface area contributed by atoms with Crippen molar-refractivity contribution in [2.75, 3.05) is 19.1 Å². The van der Waals surface area contributed by atoms with Crippen LogP contribution in [0.25, 0.3) is 0 Å². The van der Waals surface area contributed by atoms with E-state index in [1.807, 2.05) is 61.0 Å². The molecular weight excluding hydrogens is 252 g/mol. The van der Waals surface area contributed by atoms with Gasteiger partial charge in [0.15, 0.2) is 0 Å². The van der Waals surface area contributed by atoms with E-state index < -0.39 is 0 Å². The third kappa shape index (κ3) is 3.02. The Morgan fingerprint density at radius 1 is 1.15 bits per heavy atom. The van der Waals surface area contributed by atoms with E-state index in [4.69, 9.17) is 4.74 Å². The molecular formula is C16H20N2O2. The molecule has 1 atom stereocenters. The van der Waals surface area contributed by atoms with Crippen molar-refractivity contribution < 1.29 is 9.53 Å². The molecule has 2 rings (SSSR count). The fraction of sp³-hybridized carbons (Fsp3) is 0.312. The average molecular weight is 272 g/mol. The minimum absolute atomic E-state index is 0.230. The van der Waals surface area contributed by atoms with E-state index in [0.717, 1.165) is 17.0 Å². The number of carbonyl (C=O) groups is 1. The lowest BCUT2D eigenvalue weighted by molar-refractivity contribution is -0.142. The highest BCUT2D eigenvalue weighted by atomic mass is 16.5. The second kappa shape index (κ2) is 6.28. The molecule has 106 valence electrons. The molecule has 1 N–H and O–H groups in total. The first-order valence-corrected chi connectivity index (χ1v) is 6.65. The maximum absolute atomic E-state index is 12.0. The lowest BCUT2D eigenvalue weighted by Gasteiger charge is -2.19. The Bertz CT molecular complexity index is 556. The maximum Gasteiger partial charge on any atom is 0.315 e. The van der Waals surface area contributed by atoms with E-state index in [-0.39, 0.29) is 11.9 Å². The van der Waals surface area contributed by atoms with Crippen LogP contribution in [0.3, 0.4) is 0 Å². The molecule has 1 unspecified atom stereocenters. The molecule has 1 aromatic heterocycles. The number of nitrogens with zero attached hydrogens (tertiary/aromatic N) is 1. The highest BCUT2D eigenvalue weighted by Crippen LogP contribution is 2.17. The van der Waals surface area contributed by atoms with Crippen molar-refractivity contribution in [3.05, 3.63) is 59.4 Å². The van der Waals surface area contributed by atoms with Crippen LogP contribution in [-0.2, 0) is 9.53 Å². The van der Waals surface area contributed by atoms with Gasteiger partial charge in [0.25, 0.3) is 0 Å². The van der Waals surface area contributed by atoms with Crippen molar-refractivity contribution in [2.24, 2.45) is 0 Å². The largest absolute Gasteiger partial charge is 0.468 e. The SMILES string of the molecule is COC(=O)C(CNn1c(C)ccc1C)c1ccccc1. The molecule has 0 amide bonds. The summed E-state index contributed by atoms with van der Waals surface area (Å²) in [7, 11) is 1.42. The van der Waals surface area contributed by atoms with Crippen molar-refractivity contribution in [1.82, 2.24) is 4.68 Å². The lowest BCUT2D eigenvalue weighted by atomic mass is 9.99. The molecule has 20 heavy (non-hydrogen) atoms. The molecule has 0 spiro atoms. The minimum Gasteiger partial charge on any atom is -0.468 e. The Balaban J connectivity index is 2.15. The van der Waals surface area contributed by atoms with Crippen molar-refractivity contribution in [3.63, 3.8) is 0 Å². The highest BCUT2D eigenvalue weighted by Gasteiger charge is 2.21. The van der Waals surface area contributed by atoms with Crippen LogP contribution in [0, 0.1) is 13.8 Å². The molecule has 1 heterocycles. The van der Waals surface area contributed by atoms with Crippen LogP contribution in [0.5, 0.6) is 0 Å². The van der Waals surface area contributed by atoms with Gasteiger partial charge in [0.05, 0.1) is 7.11 Å². The number of methoxy groups -OCH3 is 1. The molecule has 1 aromatic carbocycles. The van der Waals surface area contributed by atoms with Crippen LogP contribution in [0.15, 0.2) is 42.5 Å². The third-order valence-corrected chi connectivity index (χ3v) is 3.41. The summed E-state index contributed by atoms with van der Waals surface area (Å²) in [6.07, 6.45) is 0. The molecule has 0 aliphatic carbocycles. The number of hydrogen-bond acceptors (Lipinski definition) is 3. The molecule has 0 bridgehead atoms. The standard InChI is InChI=1S/C16H20N2O2/c1-12-9-10-13(2)18(12)17-11-15(16(19)20-3)14-7-5-4-6-8-14/h4-10,15,17H,11H2,1-3H3. The van der Waals surface area contributed by atoms with E-state index in [2.05, 4.69) is 5.43 Å². The predicted molar refractivity (Wildman–Crippen MR) is 79.3 cm³/mol. The highest BCUT2D eigenvalue weighted by molar-refractivity contribution is 5.78. The zero-order valence-corrected chi connectivity index (χ0v) is 12.1. The third-order valence-electron chi connectivity index (χ3n) is 3.41. The number of carbonyl (C=O) groups excluding carboxylic acids is 1. The summed E-state index contributed by atoms with van der Waals surface area (Å²) in [4.78, 5) is 12.0. The second-order valence-corrected chi connectivity index (χ2v) is 4.80. The molecule has 0 fully saturated rings. The van der Waals surface area contributed by atoms with Crippen LogP contribution in [0.2, 0.25) is 0 Å². The van der Waals surface area contributed by atoms with Gasteiger partial charge in [0.2, 0.25) is 0 Å². The number of esters is 1. The zero-order chi connectivity index (χ0) is 14.5. The van der Waals surface area contributed by atoms with Gasteiger partial charge in [-0.2, -0.15) is 0 Å². The number of rotatable bonds is 5. The fourth-order valence-corrected chi connectivity index (χ4v) is 2.27. The zero-order valence-electron chi connectivity index (χ0n) is 12.1. The molecule has 0 radical (unpaired) electrons. The summed E-state index contributed by atoms with van der Waals surface area (Å²) in [5, 5.41) is 0. The molecule has 0 aliphatic heterocycles. The van der Waals surface area contributed by atoms with E-state index >= 15 is 0 Å². The Labute approximate surface area is 119 Å². The topological polar surface area (TPSA) is 43.3 Å².